The first-order valence-corrected chi connectivity index (χ1v) is 4.38. The zero-order valence-electron chi connectivity index (χ0n) is 9.02. The van der Waals surface area contributed by atoms with Gasteiger partial charge < -0.3 is 10.2 Å². The zero-order chi connectivity index (χ0) is 11.6. The Morgan fingerprint density at radius 3 is 2.19 bits per heavy atom. The zero-order valence-corrected chi connectivity index (χ0v) is 11.9. The van der Waals surface area contributed by atoms with Gasteiger partial charge in [-0.3, -0.25) is 9.59 Å². The standard InChI is InChI=1S/C11H11O4.Y/c1-6-3-4-7(2)8(5-6)9(10(12)13)11(14)15;/h4-5,9H,1-2H3,(H,12,13)(H,14,15);/q-1;. The van der Waals surface area contributed by atoms with E-state index in [1.165, 1.54) is 0 Å². The molecule has 2 N–H and O–H groups in total. The van der Waals surface area contributed by atoms with Crippen LogP contribution in [0.5, 0.6) is 0 Å². The quantitative estimate of drug-likeness (QED) is 0.652. The van der Waals surface area contributed by atoms with Crippen molar-refractivity contribution < 1.29 is 52.5 Å². The summed E-state index contributed by atoms with van der Waals surface area (Å²) in [4.78, 5) is 21.6. The predicted octanol–water partition coefficient (Wildman–Crippen LogP) is 1.35. The van der Waals surface area contributed by atoms with E-state index in [4.69, 9.17) is 10.2 Å². The molecule has 1 aromatic carbocycles. The second kappa shape index (κ2) is 6.11. The van der Waals surface area contributed by atoms with Crippen LogP contribution in [0.15, 0.2) is 12.1 Å². The van der Waals surface area contributed by atoms with E-state index in [0.717, 1.165) is 5.56 Å². The normalized spacial score (nSPS) is 9.69. The van der Waals surface area contributed by atoms with Gasteiger partial charge in [0.05, 0.1) is 0 Å². The summed E-state index contributed by atoms with van der Waals surface area (Å²) in [5.41, 5.74) is 1.66. The van der Waals surface area contributed by atoms with Crippen LogP contribution in [0.1, 0.15) is 22.6 Å². The molecule has 0 spiro atoms. The Labute approximate surface area is 119 Å². The molecule has 0 aromatic heterocycles. The van der Waals surface area contributed by atoms with Gasteiger partial charge >= 0.3 is 11.9 Å². The summed E-state index contributed by atoms with van der Waals surface area (Å²) in [5.74, 6) is -4.20. The largest absolute Gasteiger partial charge is 0.480 e. The van der Waals surface area contributed by atoms with Gasteiger partial charge in [0.1, 0.15) is 0 Å². The van der Waals surface area contributed by atoms with Crippen molar-refractivity contribution in [1.82, 2.24) is 0 Å². The second-order valence-electron chi connectivity index (χ2n) is 3.36. The van der Waals surface area contributed by atoms with E-state index in [2.05, 4.69) is 6.07 Å². The average Bonchev–Trinajstić information content (AvgIpc) is 2.10. The van der Waals surface area contributed by atoms with Crippen molar-refractivity contribution in [2.45, 2.75) is 19.8 Å². The van der Waals surface area contributed by atoms with Crippen molar-refractivity contribution in [3.05, 3.63) is 34.9 Å². The molecule has 1 radical (unpaired) electrons. The van der Waals surface area contributed by atoms with Crippen molar-refractivity contribution in [3.63, 3.8) is 0 Å². The van der Waals surface area contributed by atoms with E-state index >= 15 is 0 Å². The summed E-state index contributed by atoms with van der Waals surface area (Å²) >= 11 is 0. The van der Waals surface area contributed by atoms with Gasteiger partial charge in [-0.2, -0.15) is 29.3 Å². The third-order valence-electron chi connectivity index (χ3n) is 2.15. The molecule has 0 fully saturated rings. The van der Waals surface area contributed by atoms with E-state index in [-0.39, 0.29) is 32.7 Å². The molecule has 0 aliphatic carbocycles. The van der Waals surface area contributed by atoms with Crippen LogP contribution in [0.2, 0.25) is 0 Å². The SMILES string of the molecule is Cc1[c-]cc(C)c(C(C(=O)O)C(=O)O)c1.[Y]. The monoisotopic (exact) mass is 296 g/mol. The summed E-state index contributed by atoms with van der Waals surface area (Å²) in [6.45, 7) is 3.41. The number of aryl methyl sites for hydroxylation is 2. The molecule has 1 aromatic rings. The van der Waals surface area contributed by atoms with E-state index < -0.39 is 17.9 Å². The minimum atomic E-state index is -1.50. The fraction of sp³-hybridized carbons (Fsp3) is 0.273. The van der Waals surface area contributed by atoms with Crippen molar-refractivity contribution in [2.24, 2.45) is 0 Å². The average molecular weight is 296 g/mol. The third-order valence-corrected chi connectivity index (χ3v) is 2.15. The van der Waals surface area contributed by atoms with Crippen LogP contribution >= 0.6 is 0 Å². The van der Waals surface area contributed by atoms with Gasteiger partial charge in [-0.25, -0.2) is 0 Å². The first kappa shape index (κ1) is 15.3. The molecule has 16 heavy (non-hydrogen) atoms. The molecule has 0 amide bonds. The van der Waals surface area contributed by atoms with Crippen LogP contribution in [0.3, 0.4) is 0 Å². The fourth-order valence-electron chi connectivity index (χ4n) is 1.38. The molecule has 0 aliphatic rings. The van der Waals surface area contributed by atoms with Crippen molar-refractivity contribution in [2.75, 3.05) is 0 Å². The van der Waals surface area contributed by atoms with E-state index in [1.54, 1.807) is 26.0 Å². The van der Waals surface area contributed by atoms with Crippen LogP contribution in [0.4, 0.5) is 0 Å². The van der Waals surface area contributed by atoms with E-state index in [1.807, 2.05) is 0 Å². The van der Waals surface area contributed by atoms with Gasteiger partial charge in [0.15, 0.2) is 5.92 Å². The molecule has 1 rings (SSSR count). The van der Waals surface area contributed by atoms with Crippen molar-refractivity contribution >= 4 is 11.9 Å². The molecule has 0 saturated carbocycles. The molecular weight excluding hydrogens is 285 g/mol. The van der Waals surface area contributed by atoms with Crippen LogP contribution in [-0.4, -0.2) is 22.2 Å². The molecule has 0 atom stereocenters. The minimum absolute atomic E-state index is 0. The summed E-state index contributed by atoms with van der Waals surface area (Å²) in [5, 5.41) is 17.6. The molecule has 0 heterocycles. The molecule has 0 bridgehead atoms. The molecule has 0 aliphatic heterocycles. The molecule has 83 valence electrons. The summed E-state index contributed by atoms with van der Waals surface area (Å²) < 4.78 is 0. The fourth-order valence-corrected chi connectivity index (χ4v) is 1.38. The van der Waals surface area contributed by atoms with Crippen LogP contribution in [0, 0.1) is 19.9 Å². The van der Waals surface area contributed by atoms with Gasteiger partial charge in [0.25, 0.3) is 0 Å². The number of carboxylic acids is 2. The Morgan fingerprint density at radius 1 is 1.25 bits per heavy atom. The first-order valence-electron chi connectivity index (χ1n) is 4.38. The van der Waals surface area contributed by atoms with Crippen molar-refractivity contribution in [3.8, 4) is 0 Å². The van der Waals surface area contributed by atoms with Crippen LogP contribution < -0.4 is 0 Å². The summed E-state index contributed by atoms with van der Waals surface area (Å²) in [7, 11) is 0. The maximum atomic E-state index is 10.8. The third kappa shape index (κ3) is 3.39. The minimum Gasteiger partial charge on any atom is -0.480 e. The van der Waals surface area contributed by atoms with Crippen LogP contribution in [0.25, 0.3) is 0 Å². The number of rotatable bonds is 3. The topological polar surface area (TPSA) is 74.6 Å². The van der Waals surface area contributed by atoms with E-state index in [0.29, 0.717) is 11.1 Å². The number of benzene rings is 1. The van der Waals surface area contributed by atoms with Crippen LogP contribution in [-0.2, 0) is 42.3 Å². The number of hydrogen-bond acceptors (Lipinski definition) is 2. The Kier molecular flexibility index (Phi) is 5.83. The number of carboxylic acid groups (broad SMARTS) is 2. The maximum absolute atomic E-state index is 10.8. The van der Waals surface area contributed by atoms with Gasteiger partial charge in [-0.15, -0.1) is 5.56 Å². The van der Waals surface area contributed by atoms with Gasteiger partial charge in [0, 0.05) is 32.7 Å². The van der Waals surface area contributed by atoms with Gasteiger partial charge in [-0.1, -0.05) is 13.8 Å². The van der Waals surface area contributed by atoms with Gasteiger partial charge in [-0.05, 0) is 0 Å². The second-order valence-corrected chi connectivity index (χ2v) is 3.36. The molecule has 0 unspecified atom stereocenters. The van der Waals surface area contributed by atoms with Crippen molar-refractivity contribution in [1.29, 1.82) is 0 Å². The first-order chi connectivity index (χ1) is 6.93. The smallest absolute Gasteiger partial charge is 0.320 e. The predicted molar refractivity (Wildman–Crippen MR) is 52.8 cm³/mol. The number of hydrogen-bond donors (Lipinski definition) is 2. The Morgan fingerprint density at radius 2 is 1.75 bits per heavy atom. The van der Waals surface area contributed by atoms with Gasteiger partial charge in [0.2, 0.25) is 0 Å². The Balaban J connectivity index is 0.00000225. The molecular formula is C11H11O4Y-. The molecule has 5 heteroatoms. The number of aliphatic carboxylic acids is 2. The molecule has 0 saturated heterocycles. The number of carbonyl (C=O) groups is 2. The maximum Gasteiger partial charge on any atom is 0.320 e. The summed E-state index contributed by atoms with van der Waals surface area (Å²) in [6.07, 6.45) is 0. The molecule has 4 nitrogen and oxygen atoms in total. The Bertz CT molecular complexity index is 400. The Hall–Kier alpha value is -0.736. The van der Waals surface area contributed by atoms with E-state index in [9.17, 15) is 9.59 Å². The summed E-state index contributed by atoms with van der Waals surface area (Å²) in [6, 6.07) is 6.03.